The average Bonchev–Trinajstić information content (AvgIpc) is 2.41. The molecule has 0 radical (unpaired) electrons. The first-order valence-corrected chi connectivity index (χ1v) is 7.88. The second kappa shape index (κ2) is 6.22. The van der Waals surface area contributed by atoms with Crippen LogP contribution in [0.25, 0.3) is 0 Å². The minimum atomic E-state index is -0.341. The summed E-state index contributed by atoms with van der Waals surface area (Å²) in [6, 6.07) is 5.26. The normalized spacial score (nSPS) is 26.4. The van der Waals surface area contributed by atoms with E-state index in [1.807, 2.05) is 6.07 Å². The molecule has 0 aliphatic heterocycles. The van der Waals surface area contributed by atoms with Crippen LogP contribution >= 0.6 is 15.9 Å². The fourth-order valence-electron chi connectivity index (χ4n) is 3.43. The molecule has 1 aromatic carbocycles. The molecule has 1 saturated carbocycles. The summed E-state index contributed by atoms with van der Waals surface area (Å²) >= 11 is 3.39. The smallest absolute Gasteiger partial charge is 0.283 e. The Labute approximate surface area is 128 Å². The monoisotopic (exact) mass is 340 g/mol. The van der Waals surface area contributed by atoms with Gasteiger partial charge >= 0.3 is 0 Å². The lowest BCUT2D eigenvalue weighted by molar-refractivity contribution is -0.385. The van der Waals surface area contributed by atoms with E-state index in [0.717, 1.165) is 24.8 Å². The number of nitrogens with zero attached hydrogens (tertiary/aromatic N) is 1. The number of nitro groups is 1. The van der Waals surface area contributed by atoms with Gasteiger partial charge in [-0.25, -0.2) is 0 Å². The third-order valence-electron chi connectivity index (χ3n) is 4.44. The van der Waals surface area contributed by atoms with E-state index in [4.69, 9.17) is 5.73 Å². The van der Waals surface area contributed by atoms with Crippen molar-refractivity contribution in [2.24, 2.45) is 17.1 Å². The highest BCUT2D eigenvalue weighted by atomic mass is 79.9. The van der Waals surface area contributed by atoms with Crippen LogP contribution < -0.4 is 5.73 Å². The molecule has 1 aliphatic rings. The first-order chi connectivity index (χ1) is 9.47. The summed E-state index contributed by atoms with van der Waals surface area (Å²) in [6.07, 6.45) is 5.50. The molecule has 5 heteroatoms. The van der Waals surface area contributed by atoms with Gasteiger partial charge in [0.25, 0.3) is 5.69 Å². The van der Waals surface area contributed by atoms with Crippen molar-refractivity contribution in [3.8, 4) is 0 Å². The molecule has 0 bridgehead atoms. The van der Waals surface area contributed by atoms with Crippen LogP contribution in [0.15, 0.2) is 22.7 Å². The molecule has 0 amide bonds. The van der Waals surface area contributed by atoms with E-state index >= 15 is 0 Å². The lowest BCUT2D eigenvalue weighted by atomic mass is 9.67. The first-order valence-electron chi connectivity index (χ1n) is 7.09. The van der Waals surface area contributed by atoms with Crippen LogP contribution in [0.3, 0.4) is 0 Å². The summed E-state index contributed by atoms with van der Waals surface area (Å²) < 4.78 is 0.607. The first kappa shape index (κ1) is 15.4. The third-order valence-corrected chi connectivity index (χ3v) is 5.35. The fraction of sp³-hybridized carbons (Fsp3) is 0.600. The number of hydrogen-bond donors (Lipinski definition) is 1. The van der Waals surface area contributed by atoms with E-state index < -0.39 is 0 Å². The van der Waals surface area contributed by atoms with Gasteiger partial charge in [0.05, 0.1) is 9.40 Å². The molecule has 0 spiro atoms. The zero-order valence-electron chi connectivity index (χ0n) is 11.8. The Morgan fingerprint density at radius 1 is 1.55 bits per heavy atom. The van der Waals surface area contributed by atoms with Crippen molar-refractivity contribution in [2.45, 2.75) is 39.0 Å². The second-order valence-corrected chi connectivity index (χ2v) is 6.88. The van der Waals surface area contributed by atoms with Crippen molar-refractivity contribution in [2.75, 3.05) is 6.54 Å². The maximum Gasteiger partial charge on any atom is 0.283 e. The van der Waals surface area contributed by atoms with Gasteiger partial charge in [-0.2, -0.15) is 0 Å². The second-order valence-electron chi connectivity index (χ2n) is 6.09. The Balaban J connectivity index is 2.28. The van der Waals surface area contributed by atoms with Crippen molar-refractivity contribution < 1.29 is 4.92 Å². The number of nitrogens with two attached hydrogens (primary N) is 1. The van der Waals surface area contributed by atoms with Crippen molar-refractivity contribution >= 4 is 21.6 Å². The summed E-state index contributed by atoms with van der Waals surface area (Å²) in [6.45, 7) is 2.92. The van der Waals surface area contributed by atoms with Crippen molar-refractivity contribution in [3.05, 3.63) is 38.3 Å². The predicted molar refractivity (Wildman–Crippen MR) is 83.6 cm³/mol. The van der Waals surface area contributed by atoms with E-state index in [9.17, 15) is 10.1 Å². The van der Waals surface area contributed by atoms with Crippen LogP contribution in [0.2, 0.25) is 0 Å². The summed E-state index contributed by atoms with van der Waals surface area (Å²) in [5.74, 6) is 0.685. The summed E-state index contributed by atoms with van der Waals surface area (Å²) in [4.78, 5) is 10.7. The molecule has 2 atom stereocenters. The molecule has 20 heavy (non-hydrogen) atoms. The van der Waals surface area contributed by atoms with Crippen LogP contribution in [0, 0.1) is 21.4 Å². The van der Waals surface area contributed by atoms with Crippen LogP contribution in [0.1, 0.15) is 38.2 Å². The molecule has 0 aromatic heterocycles. The molecule has 0 saturated heterocycles. The number of nitro benzene ring substituents is 1. The highest BCUT2D eigenvalue weighted by Crippen LogP contribution is 2.43. The van der Waals surface area contributed by atoms with Gasteiger partial charge in [-0.15, -0.1) is 0 Å². The van der Waals surface area contributed by atoms with E-state index in [-0.39, 0.29) is 16.0 Å². The van der Waals surface area contributed by atoms with Gasteiger partial charge in [-0.3, -0.25) is 10.1 Å². The summed E-state index contributed by atoms with van der Waals surface area (Å²) in [5.41, 5.74) is 7.28. The van der Waals surface area contributed by atoms with E-state index in [1.165, 1.54) is 18.9 Å². The lowest BCUT2D eigenvalue weighted by Gasteiger charge is -2.39. The molecule has 1 fully saturated rings. The molecular formula is C15H21BrN2O2. The van der Waals surface area contributed by atoms with Gasteiger partial charge < -0.3 is 5.73 Å². The largest absolute Gasteiger partial charge is 0.330 e. The molecule has 110 valence electrons. The number of halogens is 1. The zero-order valence-corrected chi connectivity index (χ0v) is 13.4. The summed E-state index contributed by atoms with van der Waals surface area (Å²) in [5, 5.41) is 11.0. The molecule has 2 rings (SSSR count). The van der Waals surface area contributed by atoms with Crippen LogP contribution in [0.4, 0.5) is 5.69 Å². The van der Waals surface area contributed by atoms with Crippen LogP contribution in [-0.2, 0) is 6.42 Å². The van der Waals surface area contributed by atoms with Crippen molar-refractivity contribution in [1.82, 2.24) is 0 Å². The Kier molecular flexibility index (Phi) is 4.81. The Bertz CT molecular complexity index is 507. The summed E-state index contributed by atoms with van der Waals surface area (Å²) in [7, 11) is 0. The number of rotatable bonds is 4. The molecule has 1 aliphatic carbocycles. The van der Waals surface area contributed by atoms with Crippen molar-refractivity contribution in [3.63, 3.8) is 0 Å². The standard InChI is InChI=1S/C15H21BrN2O2/c1-11-4-3-7-15(8-11,10-17)9-12-5-2-6-13(14(12)16)18(19)20/h2,5-6,11H,3-4,7-10,17H2,1H3. The van der Waals surface area contributed by atoms with Crippen LogP contribution in [0.5, 0.6) is 0 Å². The van der Waals surface area contributed by atoms with Gasteiger partial charge in [0.2, 0.25) is 0 Å². The third kappa shape index (κ3) is 3.20. The van der Waals surface area contributed by atoms with Gasteiger partial charge in [0.1, 0.15) is 0 Å². The minimum Gasteiger partial charge on any atom is -0.330 e. The van der Waals surface area contributed by atoms with Gasteiger partial charge in [0, 0.05) is 6.07 Å². The lowest BCUT2D eigenvalue weighted by Crippen LogP contribution is -2.37. The average molecular weight is 341 g/mol. The van der Waals surface area contributed by atoms with E-state index in [0.29, 0.717) is 16.9 Å². The zero-order chi connectivity index (χ0) is 14.8. The highest BCUT2D eigenvalue weighted by Gasteiger charge is 2.34. The molecule has 0 heterocycles. The van der Waals surface area contributed by atoms with Gasteiger partial charge in [0.15, 0.2) is 0 Å². The van der Waals surface area contributed by atoms with E-state index in [1.54, 1.807) is 6.07 Å². The Morgan fingerprint density at radius 2 is 2.30 bits per heavy atom. The molecular weight excluding hydrogens is 320 g/mol. The quantitative estimate of drug-likeness (QED) is 0.663. The SMILES string of the molecule is CC1CCCC(CN)(Cc2cccc([N+](=O)[O-])c2Br)C1. The Morgan fingerprint density at radius 3 is 2.90 bits per heavy atom. The topological polar surface area (TPSA) is 69.2 Å². The fourth-order valence-corrected chi connectivity index (χ4v) is 3.98. The maximum absolute atomic E-state index is 11.0. The molecule has 4 nitrogen and oxygen atoms in total. The molecule has 1 aromatic rings. The number of hydrogen-bond acceptors (Lipinski definition) is 3. The van der Waals surface area contributed by atoms with Crippen LogP contribution in [-0.4, -0.2) is 11.5 Å². The van der Waals surface area contributed by atoms with Gasteiger partial charge in [-0.05, 0) is 58.6 Å². The highest BCUT2D eigenvalue weighted by molar-refractivity contribution is 9.10. The molecule has 2 unspecified atom stereocenters. The maximum atomic E-state index is 11.0. The Hall–Kier alpha value is -0.940. The van der Waals surface area contributed by atoms with Crippen molar-refractivity contribution in [1.29, 1.82) is 0 Å². The van der Waals surface area contributed by atoms with Gasteiger partial charge in [-0.1, -0.05) is 31.9 Å². The van der Waals surface area contributed by atoms with E-state index in [2.05, 4.69) is 22.9 Å². The number of benzene rings is 1. The predicted octanol–water partition coefficient (Wildman–Crippen LogP) is 4.06. The molecule has 2 N–H and O–H groups in total. The minimum absolute atomic E-state index is 0.0927.